The zero-order valence-electron chi connectivity index (χ0n) is 13.9. The fourth-order valence-corrected chi connectivity index (χ4v) is 3.51. The van der Waals surface area contributed by atoms with Crippen molar-refractivity contribution in [2.45, 2.75) is 63.5 Å². The highest BCUT2D eigenvalue weighted by Crippen LogP contribution is 2.24. The summed E-state index contributed by atoms with van der Waals surface area (Å²) in [5.41, 5.74) is 1.18. The molecule has 0 aromatic heterocycles. The molecule has 0 radical (unpaired) electrons. The van der Waals surface area contributed by atoms with Crippen LogP contribution in [0.5, 0.6) is 5.75 Å². The highest BCUT2D eigenvalue weighted by Gasteiger charge is 2.17. The van der Waals surface area contributed by atoms with Gasteiger partial charge in [0.25, 0.3) is 0 Å². The minimum Gasteiger partial charge on any atom is -0.490 e. The predicted molar refractivity (Wildman–Crippen MR) is 91.7 cm³/mol. The molecule has 1 saturated heterocycles. The Hall–Kier alpha value is -1.55. The molecule has 1 aliphatic carbocycles. The van der Waals surface area contributed by atoms with Crippen molar-refractivity contribution in [3.8, 4) is 5.75 Å². The highest BCUT2D eigenvalue weighted by molar-refractivity contribution is 5.76. The van der Waals surface area contributed by atoms with E-state index in [0.29, 0.717) is 18.6 Å². The summed E-state index contributed by atoms with van der Waals surface area (Å²) in [5.74, 6) is 1.10. The lowest BCUT2D eigenvalue weighted by Gasteiger charge is -2.23. The van der Waals surface area contributed by atoms with Crippen LogP contribution in [0.3, 0.4) is 0 Å². The van der Waals surface area contributed by atoms with Gasteiger partial charge < -0.3 is 15.4 Å². The summed E-state index contributed by atoms with van der Waals surface area (Å²) in [5, 5.41) is 6.45. The van der Waals surface area contributed by atoms with Gasteiger partial charge in [0, 0.05) is 19.0 Å². The Morgan fingerprint density at radius 3 is 2.87 bits per heavy atom. The second-order valence-corrected chi connectivity index (χ2v) is 6.78. The quantitative estimate of drug-likeness (QED) is 0.848. The molecule has 126 valence electrons. The van der Waals surface area contributed by atoms with E-state index in [0.717, 1.165) is 38.1 Å². The van der Waals surface area contributed by atoms with Gasteiger partial charge in [0.2, 0.25) is 5.91 Å². The van der Waals surface area contributed by atoms with Crippen molar-refractivity contribution < 1.29 is 9.53 Å². The van der Waals surface area contributed by atoms with E-state index < -0.39 is 0 Å². The smallest absolute Gasteiger partial charge is 0.220 e. The molecular weight excluding hydrogens is 288 g/mol. The van der Waals surface area contributed by atoms with Crippen molar-refractivity contribution in [1.82, 2.24) is 10.6 Å². The van der Waals surface area contributed by atoms with Crippen molar-refractivity contribution in [2.24, 2.45) is 0 Å². The molecule has 1 amide bonds. The molecule has 1 aliphatic heterocycles. The topological polar surface area (TPSA) is 50.4 Å². The van der Waals surface area contributed by atoms with Crippen LogP contribution >= 0.6 is 0 Å². The summed E-state index contributed by atoms with van der Waals surface area (Å²) in [4.78, 5) is 12.1. The van der Waals surface area contributed by atoms with Gasteiger partial charge in [-0.1, -0.05) is 12.1 Å². The van der Waals surface area contributed by atoms with Crippen LogP contribution in [0, 0.1) is 0 Å². The summed E-state index contributed by atoms with van der Waals surface area (Å²) in [6, 6.07) is 8.52. The van der Waals surface area contributed by atoms with Crippen LogP contribution in [0.25, 0.3) is 0 Å². The first-order chi connectivity index (χ1) is 11.3. The minimum atomic E-state index is 0.154. The van der Waals surface area contributed by atoms with Gasteiger partial charge in [0.05, 0.1) is 6.10 Å². The monoisotopic (exact) mass is 316 g/mol. The predicted octanol–water partition coefficient (Wildman–Crippen LogP) is 2.81. The number of nitrogens with one attached hydrogen (secondary N) is 2. The fraction of sp³-hybridized carbons (Fsp3) is 0.632. The van der Waals surface area contributed by atoms with Gasteiger partial charge in [-0.05, 0) is 69.2 Å². The molecule has 1 aromatic rings. The minimum absolute atomic E-state index is 0.154. The van der Waals surface area contributed by atoms with E-state index in [1.807, 2.05) is 12.1 Å². The van der Waals surface area contributed by atoms with E-state index in [1.165, 1.54) is 31.2 Å². The molecule has 0 bridgehead atoms. The van der Waals surface area contributed by atoms with Gasteiger partial charge in [-0.2, -0.15) is 0 Å². The molecule has 1 atom stereocenters. The Kier molecular flexibility index (Phi) is 5.92. The van der Waals surface area contributed by atoms with Crippen LogP contribution in [0.4, 0.5) is 0 Å². The molecule has 4 heteroatoms. The Bertz CT molecular complexity index is 506. The molecule has 2 aliphatic rings. The third-order valence-electron chi connectivity index (χ3n) is 4.81. The Morgan fingerprint density at radius 1 is 1.22 bits per heavy atom. The number of carbonyl (C=O) groups excluding carboxylic acids is 1. The number of hydrogen-bond donors (Lipinski definition) is 2. The molecule has 4 nitrogen and oxygen atoms in total. The largest absolute Gasteiger partial charge is 0.490 e. The Morgan fingerprint density at radius 2 is 2.09 bits per heavy atom. The number of ether oxygens (including phenoxy) is 1. The number of amides is 1. The standard InChI is InChI=1S/C19H28N2O2/c22-19(21-16-6-4-12-20-14-16)11-10-15-5-3-9-18(13-15)23-17-7-1-2-8-17/h3,5,9,13,16-17,20H,1-2,4,6-8,10-12,14H2,(H,21,22)/t16-/m0/s1. The highest BCUT2D eigenvalue weighted by atomic mass is 16.5. The van der Waals surface area contributed by atoms with Crippen LogP contribution in [-0.4, -0.2) is 31.1 Å². The van der Waals surface area contributed by atoms with Gasteiger partial charge in [-0.3, -0.25) is 4.79 Å². The summed E-state index contributed by atoms with van der Waals surface area (Å²) in [6.07, 6.45) is 8.82. The van der Waals surface area contributed by atoms with Gasteiger partial charge in [-0.15, -0.1) is 0 Å². The van der Waals surface area contributed by atoms with Crippen LogP contribution in [0.15, 0.2) is 24.3 Å². The molecule has 0 spiro atoms. The summed E-state index contributed by atoms with van der Waals surface area (Å²) < 4.78 is 6.04. The van der Waals surface area contributed by atoms with Gasteiger partial charge >= 0.3 is 0 Å². The van der Waals surface area contributed by atoms with Crippen molar-refractivity contribution in [3.63, 3.8) is 0 Å². The Balaban J connectivity index is 1.44. The van der Waals surface area contributed by atoms with Crippen molar-refractivity contribution in [1.29, 1.82) is 0 Å². The first-order valence-corrected chi connectivity index (χ1v) is 9.05. The zero-order chi connectivity index (χ0) is 15.9. The zero-order valence-corrected chi connectivity index (χ0v) is 13.9. The number of piperidine rings is 1. The summed E-state index contributed by atoms with van der Waals surface area (Å²) >= 11 is 0. The molecule has 23 heavy (non-hydrogen) atoms. The lowest BCUT2D eigenvalue weighted by Crippen LogP contribution is -2.45. The van der Waals surface area contributed by atoms with Crippen molar-refractivity contribution in [2.75, 3.05) is 13.1 Å². The summed E-state index contributed by atoms with van der Waals surface area (Å²) in [6.45, 7) is 1.97. The molecular formula is C19H28N2O2. The SMILES string of the molecule is O=C(CCc1cccc(OC2CCCC2)c1)N[C@H]1CCCNC1. The lowest BCUT2D eigenvalue weighted by atomic mass is 10.1. The van der Waals surface area contributed by atoms with E-state index in [4.69, 9.17) is 4.74 Å². The van der Waals surface area contributed by atoms with E-state index in [-0.39, 0.29) is 5.91 Å². The third kappa shape index (κ3) is 5.24. The van der Waals surface area contributed by atoms with Crippen LogP contribution < -0.4 is 15.4 Å². The third-order valence-corrected chi connectivity index (χ3v) is 4.81. The van der Waals surface area contributed by atoms with Gasteiger partial charge in [0.15, 0.2) is 0 Å². The Labute approximate surface area is 139 Å². The fourth-order valence-electron chi connectivity index (χ4n) is 3.51. The molecule has 1 aromatic carbocycles. The molecule has 3 rings (SSSR count). The van der Waals surface area contributed by atoms with Crippen molar-refractivity contribution in [3.05, 3.63) is 29.8 Å². The lowest BCUT2D eigenvalue weighted by molar-refractivity contribution is -0.121. The first kappa shape index (κ1) is 16.3. The number of hydrogen-bond acceptors (Lipinski definition) is 3. The van der Waals surface area contributed by atoms with E-state index in [1.54, 1.807) is 0 Å². The maximum Gasteiger partial charge on any atom is 0.220 e. The molecule has 2 N–H and O–H groups in total. The number of carbonyl (C=O) groups is 1. The van der Waals surface area contributed by atoms with Crippen molar-refractivity contribution >= 4 is 5.91 Å². The number of rotatable bonds is 6. The average molecular weight is 316 g/mol. The van der Waals surface area contributed by atoms with E-state index >= 15 is 0 Å². The van der Waals surface area contributed by atoms with E-state index in [9.17, 15) is 4.79 Å². The molecule has 1 saturated carbocycles. The van der Waals surface area contributed by atoms with Crippen LogP contribution in [0.1, 0.15) is 50.5 Å². The second kappa shape index (κ2) is 8.34. The first-order valence-electron chi connectivity index (χ1n) is 9.05. The number of aryl methyl sites for hydroxylation is 1. The summed E-state index contributed by atoms with van der Waals surface area (Å²) in [7, 11) is 0. The normalized spacial score (nSPS) is 22.0. The number of benzene rings is 1. The van der Waals surface area contributed by atoms with Crippen LogP contribution in [-0.2, 0) is 11.2 Å². The van der Waals surface area contributed by atoms with Gasteiger partial charge in [-0.25, -0.2) is 0 Å². The molecule has 2 fully saturated rings. The van der Waals surface area contributed by atoms with Crippen LogP contribution in [0.2, 0.25) is 0 Å². The molecule has 0 unspecified atom stereocenters. The van der Waals surface area contributed by atoms with E-state index in [2.05, 4.69) is 22.8 Å². The van der Waals surface area contributed by atoms with Gasteiger partial charge in [0.1, 0.15) is 5.75 Å². The second-order valence-electron chi connectivity index (χ2n) is 6.78. The maximum atomic E-state index is 12.1. The maximum absolute atomic E-state index is 12.1. The average Bonchev–Trinajstić information content (AvgIpc) is 3.07. The molecule has 1 heterocycles.